The molecule has 29 heavy (non-hydrogen) atoms. The molecule has 2 aromatic heterocycles. The largest absolute Gasteiger partial charge is 0.338 e. The van der Waals surface area contributed by atoms with E-state index in [-0.39, 0.29) is 17.9 Å². The van der Waals surface area contributed by atoms with E-state index in [9.17, 15) is 9.18 Å². The number of fused-ring (bicyclic) bond motifs is 1. The van der Waals surface area contributed by atoms with Gasteiger partial charge in [0, 0.05) is 18.0 Å². The number of para-hydroxylation sites is 2. The van der Waals surface area contributed by atoms with Crippen molar-refractivity contribution in [3.05, 3.63) is 88.6 Å². The summed E-state index contributed by atoms with van der Waals surface area (Å²) in [6, 6.07) is 17.5. The standard InChI is InChI=1S/C22H21FN4OS/c23-17-10-8-16(9-11-17)21(20-7-3-14-29-20)26-22(28)24-12-4-13-27-15-25-18-5-1-2-6-19(18)27/h1-3,5-11,14-15,21H,4,12-13H2,(H2,24,26,28)/t21-/m1/s1. The highest BCUT2D eigenvalue weighted by molar-refractivity contribution is 7.10. The molecular weight excluding hydrogens is 387 g/mol. The van der Waals surface area contributed by atoms with E-state index in [1.807, 2.05) is 48.1 Å². The second-order valence-electron chi connectivity index (χ2n) is 6.68. The number of hydrogen-bond acceptors (Lipinski definition) is 3. The minimum absolute atomic E-state index is 0.247. The van der Waals surface area contributed by atoms with Gasteiger partial charge in [0.15, 0.2) is 0 Å². The number of amides is 2. The highest BCUT2D eigenvalue weighted by Gasteiger charge is 2.17. The molecule has 0 fully saturated rings. The van der Waals surface area contributed by atoms with Crippen molar-refractivity contribution in [2.45, 2.75) is 19.0 Å². The maximum Gasteiger partial charge on any atom is 0.315 e. The van der Waals surface area contributed by atoms with Gasteiger partial charge in [0.1, 0.15) is 5.82 Å². The molecule has 4 rings (SSSR count). The molecule has 2 heterocycles. The summed E-state index contributed by atoms with van der Waals surface area (Å²) < 4.78 is 15.4. The molecule has 4 aromatic rings. The van der Waals surface area contributed by atoms with E-state index in [2.05, 4.69) is 20.2 Å². The van der Waals surface area contributed by atoms with Crippen LogP contribution in [0, 0.1) is 5.82 Å². The highest BCUT2D eigenvalue weighted by atomic mass is 32.1. The van der Waals surface area contributed by atoms with Gasteiger partial charge in [-0.05, 0) is 47.7 Å². The van der Waals surface area contributed by atoms with Gasteiger partial charge in [-0.1, -0.05) is 30.3 Å². The summed E-state index contributed by atoms with van der Waals surface area (Å²) in [5.74, 6) is -0.296. The number of rotatable bonds is 7. The molecule has 0 unspecified atom stereocenters. The first kappa shape index (κ1) is 19.1. The molecule has 0 saturated carbocycles. The Kier molecular flexibility index (Phi) is 5.86. The van der Waals surface area contributed by atoms with E-state index in [1.54, 1.807) is 23.5 Å². The van der Waals surface area contributed by atoms with Crippen molar-refractivity contribution in [2.24, 2.45) is 0 Å². The normalized spacial score (nSPS) is 12.0. The van der Waals surface area contributed by atoms with Gasteiger partial charge < -0.3 is 15.2 Å². The molecule has 0 aliphatic heterocycles. The fraction of sp³-hybridized carbons (Fsp3) is 0.182. The summed E-state index contributed by atoms with van der Waals surface area (Å²) in [6.45, 7) is 1.31. The van der Waals surface area contributed by atoms with Crippen molar-refractivity contribution < 1.29 is 9.18 Å². The number of aryl methyl sites for hydroxylation is 1. The SMILES string of the molecule is O=C(NCCCn1cnc2ccccc21)N[C@H](c1ccc(F)cc1)c1cccs1. The Bertz CT molecular complexity index is 1080. The van der Waals surface area contributed by atoms with Crippen LogP contribution in [-0.4, -0.2) is 22.1 Å². The van der Waals surface area contributed by atoms with Crippen LogP contribution < -0.4 is 10.6 Å². The van der Waals surface area contributed by atoms with Gasteiger partial charge in [0.25, 0.3) is 0 Å². The summed E-state index contributed by atoms with van der Waals surface area (Å²) in [4.78, 5) is 17.8. The number of urea groups is 1. The lowest BCUT2D eigenvalue weighted by atomic mass is 10.1. The van der Waals surface area contributed by atoms with Gasteiger partial charge >= 0.3 is 6.03 Å². The quantitative estimate of drug-likeness (QED) is 0.435. The van der Waals surface area contributed by atoms with Crippen LogP contribution >= 0.6 is 11.3 Å². The second-order valence-corrected chi connectivity index (χ2v) is 7.66. The molecule has 0 bridgehead atoms. The van der Waals surface area contributed by atoms with Crippen LogP contribution in [0.2, 0.25) is 0 Å². The van der Waals surface area contributed by atoms with Crippen LogP contribution in [0.25, 0.3) is 11.0 Å². The minimum atomic E-state index is -0.312. The molecule has 0 aliphatic carbocycles. The average Bonchev–Trinajstić information content (AvgIpc) is 3.41. The van der Waals surface area contributed by atoms with Crippen molar-refractivity contribution in [1.82, 2.24) is 20.2 Å². The molecule has 0 saturated heterocycles. The molecule has 2 amide bonds. The first-order valence-electron chi connectivity index (χ1n) is 9.44. The summed E-state index contributed by atoms with van der Waals surface area (Å²) in [7, 11) is 0. The van der Waals surface area contributed by atoms with E-state index >= 15 is 0 Å². The highest BCUT2D eigenvalue weighted by Crippen LogP contribution is 2.26. The van der Waals surface area contributed by atoms with E-state index in [1.165, 1.54) is 12.1 Å². The van der Waals surface area contributed by atoms with Gasteiger partial charge in [0.2, 0.25) is 0 Å². The van der Waals surface area contributed by atoms with Gasteiger partial charge in [-0.3, -0.25) is 0 Å². The van der Waals surface area contributed by atoms with Gasteiger partial charge in [-0.25, -0.2) is 14.2 Å². The maximum atomic E-state index is 13.3. The van der Waals surface area contributed by atoms with E-state index in [0.717, 1.165) is 34.4 Å². The molecule has 0 radical (unpaired) electrons. The van der Waals surface area contributed by atoms with E-state index in [0.29, 0.717) is 6.54 Å². The topological polar surface area (TPSA) is 59.0 Å². The molecule has 5 nitrogen and oxygen atoms in total. The Hall–Kier alpha value is -3.19. The lowest BCUT2D eigenvalue weighted by molar-refractivity contribution is 0.238. The number of nitrogens with one attached hydrogen (secondary N) is 2. The third-order valence-electron chi connectivity index (χ3n) is 4.70. The predicted molar refractivity (Wildman–Crippen MR) is 113 cm³/mol. The smallest absolute Gasteiger partial charge is 0.315 e. The Morgan fingerprint density at radius 2 is 1.93 bits per heavy atom. The molecule has 2 N–H and O–H groups in total. The van der Waals surface area contributed by atoms with E-state index in [4.69, 9.17) is 0 Å². The second kappa shape index (κ2) is 8.87. The Morgan fingerprint density at radius 3 is 2.72 bits per heavy atom. The molecular formula is C22H21FN4OS. The zero-order valence-electron chi connectivity index (χ0n) is 15.7. The fourth-order valence-electron chi connectivity index (χ4n) is 3.25. The third kappa shape index (κ3) is 4.63. The summed E-state index contributed by atoms with van der Waals surface area (Å²) in [5.41, 5.74) is 2.90. The van der Waals surface area contributed by atoms with Gasteiger partial charge in [-0.15, -0.1) is 11.3 Å². The molecule has 1 atom stereocenters. The number of benzene rings is 2. The van der Waals surface area contributed by atoms with Crippen LogP contribution in [0.15, 0.2) is 72.4 Å². The molecule has 148 valence electrons. The summed E-state index contributed by atoms with van der Waals surface area (Å²) in [5, 5.41) is 7.87. The predicted octanol–water partition coefficient (Wildman–Crippen LogP) is 4.72. The lowest BCUT2D eigenvalue weighted by Gasteiger charge is -2.18. The molecule has 0 aliphatic rings. The van der Waals surface area contributed by atoms with Crippen LogP contribution in [0.4, 0.5) is 9.18 Å². The van der Waals surface area contributed by atoms with Crippen LogP contribution in [0.5, 0.6) is 0 Å². The van der Waals surface area contributed by atoms with Crippen molar-refractivity contribution in [3.8, 4) is 0 Å². The fourth-order valence-corrected chi connectivity index (χ4v) is 4.05. The Morgan fingerprint density at radius 1 is 1.10 bits per heavy atom. The zero-order chi connectivity index (χ0) is 20.1. The van der Waals surface area contributed by atoms with Crippen LogP contribution in [-0.2, 0) is 6.54 Å². The number of carbonyl (C=O) groups excluding carboxylic acids is 1. The van der Waals surface area contributed by atoms with Gasteiger partial charge in [0.05, 0.1) is 23.4 Å². The number of halogens is 1. The van der Waals surface area contributed by atoms with Crippen molar-refractivity contribution in [2.75, 3.05) is 6.54 Å². The summed E-state index contributed by atoms with van der Waals surface area (Å²) >= 11 is 1.55. The monoisotopic (exact) mass is 408 g/mol. The molecule has 0 spiro atoms. The molecule has 2 aromatic carbocycles. The number of thiophene rings is 1. The maximum absolute atomic E-state index is 13.3. The average molecular weight is 409 g/mol. The van der Waals surface area contributed by atoms with Crippen molar-refractivity contribution >= 4 is 28.4 Å². The minimum Gasteiger partial charge on any atom is -0.338 e. The number of aromatic nitrogens is 2. The Balaban J connectivity index is 1.33. The zero-order valence-corrected chi connectivity index (χ0v) is 16.5. The first-order chi connectivity index (χ1) is 14.2. The number of hydrogen-bond donors (Lipinski definition) is 2. The van der Waals surface area contributed by atoms with Crippen molar-refractivity contribution in [3.63, 3.8) is 0 Å². The van der Waals surface area contributed by atoms with E-state index < -0.39 is 0 Å². The van der Waals surface area contributed by atoms with Crippen molar-refractivity contribution in [1.29, 1.82) is 0 Å². The molecule has 7 heteroatoms. The van der Waals surface area contributed by atoms with Gasteiger partial charge in [-0.2, -0.15) is 0 Å². The Labute approximate surface area is 172 Å². The third-order valence-corrected chi connectivity index (χ3v) is 5.63. The number of carbonyl (C=O) groups is 1. The van der Waals surface area contributed by atoms with Crippen LogP contribution in [0.1, 0.15) is 22.9 Å². The summed E-state index contributed by atoms with van der Waals surface area (Å²) in [6.07, 6.45) is 2.61. The number of nitrogens with zero attached hydrogens (tertiary/aromatic N) is 2. The first-order valence-corrected chi connectivity index (χ1v) is 10.3. The number of imidazole rings is 1. The van der Waals surface area contributed by atoms with Crippen LogP contribution in [0.3, 0.4) is 0 Å². The lowest BCUT2D eigenvalue weighted by Crippen LogP contribution is -2.38.